The minimum absolute atomic E-state index is 0.336. The molecule has 0 saturated heterocycles. The standard InChI is InChI=1S/C13H24N4/c1-10-8-11(17(3)15-10)9-16(2)13-7-5-4-6-12(13)14/h8,12-13H,4-7,9,14H2,1-3H3. The van der Waals surface area contributed by atoms with E-state index in [-0.39, 0.29) is 0 Å². The largest absolute Gasteiger partial charge is 0.326 e. The van der Waals surface area contributed by atoms with Gasteiger partial charge in [0.1, 0.15) is 0 Å². The molecule has 17 heavy (non-hydrogen) atoms. The van der Waals surface area contributed by atoms with E-state index in [1.54, 1.807) is 0 Å². The van der Waals surface area contributed by atoms with Crippen molar-refractivity contribution in [2.24, 2.45) is 12.8 Å². The molecular weight excluding hydrogens is 212 g/mol. The zero-order valence-corrected chi connectivity index (χ0v) is 11.2. The van der Waals surface area contributed by atoms with E-state index >= 15 is 0 Å². The van der Waals surface area contributed by atoms with Crippen LogP contribution in [0.3, 0.4) is 0 Å². The van der Waals surface area contributed by atoms with Gasteiger partial charge in [0, 0.05) is 25.7 Å². The van der Waals surface area contributed by atoms with Gasteiger partial charge in [-0.2, -0.15) is 5.10 Å². The Morgan fingerprint density at radius 3 is 2.76 bits per heavy atom. The van der Waals surface area contributed by atoms with Crippen LogP contribution in [0.2, 0.25) is 0 Å². The van der Waals surface area contributed by atoms with E-state index in [0.717, 1.165) is 12.2 Å². The maximum absolute atomic E-state index is 6.21. The number of hydrogen-bond donors (Lipinski definition) is 1. The van der Waals surface area contributed by atoms with Crippen molar-refractivity contribution in [1.82, 2.24) is 14.7 Å². The fraction of sp³-hybridized carbons (Fsp3) is 0.769. The molecule has 1 aromatic rings. The molecule has 0 aliphatic heterocycles. The van der Waals surface area contributed by atoms with Gasteiger partial charge in [0.05, 0.1) is 11.4 Å². The van der Waals surface area contributed by atoms with Crippen molar-refractivity contribution in [3.8, 4) is 0 Å². The molecule has 1 saturated carbocycles. The highest BCUT2D eigenvalue weighted by molar-refractivity contribution is 5.08. The highest BCUT2D eigenvalue weighted by Crippen LogP contribution is 2.22. The van der Waals surface area contributed by atoms with E-state index in [2.05, 4.69) is 23.1 Å². The number of hydrogen-bond acceptors (Lipinski definition) is 3. The molecule has 1 aliphatic rings. The molecule has 4 heteroatoms. The van der Waals surface area contributed by atoms with Gasteiger partial charge >= 0.3 is 0 Å². The predicted octanol–water partition coefficient (Wildman–Crippen LogP) is 1.43. The summed E-state index contributed by atoms with van der Waals surface area (Å²) in [5.74, 6) is 0. The molecule has 1 aromatic heterocycles. The summed E-state index contributed by atoms with van der Waals surface area (Å²) in [4.78, 5) is 2.39. The monoisotopic (exact) mass is 236 g/mol. The maximum Gasteiger partial charge on any atom is 0.0597 e. The summed E-state index contributed by atoms with van der Waals surface area (Å²) in [6, 6.07) is 3.02. The second-order valence-electron chi connectivity index (χ2n) is 5.33. The summed E-state index contributed by atoms with van der Waals surface area (Å²) in [5.41, 5.74) is 8.57. The zero-order valence-electron chi connectivity index (χ0n) is 11.2. The van der Waals surface area contributed by atoms with Gasteiger partial charge in [-0.15, -0.1) is 0 Å². The fourth-order valence-electron chi connectivity index (χ4n) is 2.87. The Kier molecular flexibility index (Phi) is 3.84. The number of aromatic nitrogens is 2. The van der Waals surface area contributed by atoms with Crippen molar-refractivity contribution in [2.45, 2.75) is 51.2 Å². The van der Waals surface area contributed by atoms with Crippen LogP contribution in [-0.2, 0) is 13.6 Å². The Labute approximate surface area is 104 Å². The minimum atomic E-state index is 0.336. The molecule has 2 N–H and O–H groups in total. The SMILES string of the molecule is Cc1cc(CN(C)C2CCCCC2N)n(C)n1. The lowest BCUT2D eigenvalue weighted by Crippen LogP contribution is -2.47. The van der Waals surface area contributed by atoms with E-state index < -0.39 is 0 Å². The topological polar surface area (TPSA) is 47.1 Å². The first kappa shape index (κ1) is 12.6. The maximum atomic E-state index is 6.21. The molecule has 1 heterocycles. The third-order valence-corrected chi connectivity index (χ3v) is 3.86. The van der Waals surface area contributed by atoms with Crippen molar-refractivity contribution in [1.29, 1.82) is 0 Å². The second-order valence-corrected chi connectivity index (χ2v) is 5.33. The average molecular weight is 236 g/mol. The van der Waals surface area contributed by atoms with Gasteiger partial charge in [-0.25, -0.2) is 0 Å². The van der Waals surface area contributed by atoms with Gasteiger partial charge in [-0.1, -0.05) is 12.8 Å². The highest BCUT2D eigenvalue weighted by atomic mass is 15.3. The summed E-state index contributed by atoms with van der Waals surface area (Å²) >= 11 is 0. The molecule has 0 spiro atoms. The average Bonchev–Trinajstić information content (AvgIpc) is 2.58. The normalized spacial score (nSPS) is 25.5. The molecule has 2 unspecified atom stereocenters. The Bertz CT molecular complexity index is 371. The van der Waals surface area contributed by atoms with Gasteiger partial charge < -0.3 is 5.73 Å². The summed E-state index contributed by atoms with van der Waals surface area (Å²) < 4.78 is 1.97. The van der Waals surface area contributed by atoms with Crippen LogP contribution < -0.4 is 5.73 Å². The van der Waals surface area contributed by atoms with Crippen molar-refractivity contribution >= 4 is 0 Å². The second kappa shape index (κ2) is 5.19. The van der Waals surface area contributed by atoms with Crippen LogP contribution in [0.15, 0.2) is 6.07 Å². The quantitative estimate of drug-likeness (QED) is 0.863. The molecule has 0 aromatic carbocycles. The predicted molar refractivity (Wildman–Crippen MR) is 69.6 cm³/mol. The van der Waals surface area contributed by atoms with E-state index in [1.807, 2.05) is 18.7 Å². The van der Waals surface area contributed by atoms with E-state index in [9.17, 15) is 0 Å². The summed E-state index contributed by atoms with van der Waals surface area (Å²) in [5, 5.41) is 4.39. The molecule has 1 aliphatic carbocycles. The summed E-state index contributed by atoms with van der Waals surface area (Å²) in [6.45, 7) is 2.98. The summed E-state index contributed by atoms with van der Waals surface area (Å²) in [6.07, 6.45) is 5.00. The first-order chi connectivity index (χ1) is 8.08. The zero-order chi connectivity index (χ0) is 12.4. The molecule has 2 atom stereocenters. The van der Waals surface area contributed by atoms with Crippen LogP contribution in [0, 0.1) is 6.92 Å². The van der Waals surface area contributed by atoms with Crippen molar-refractivity contribution in [2.75, 3.05) is 7.05 Å². The van der Waals surface area contributed by atoms with Crippen molar-refractivity contribution in [3.63, 3.8) is 0 Å². The molecule has 0 radical (unpaired) electrons. The van der Waals surface area contributed by atoms with Crippen LogP contribution in [0.25, 0.3) is 0 Å². The smallest absolute Gasteiger partial charge is 0.0597 e. The number of nitrogens with two attached hydrogens (primary N) is 1. The van der Waals surface area contributed by atoms with E-state index in [0.29, 0.717) is 12.1 Å². The third-order valence-electron chi connectivity index (χ3n) is 3.86. The van der Waals surface area contributed by atoms with Gasteiger partial charge in [0.25, 0.3) is 0 Å². The Balaban J connectivity index is 2.00. The van der Waals surface area contributed by atoms with Crippen LogP contribution in [0.4, 0.5) is 0 Å². The van der Waals surface area contributed by atoms with Crippen molar-refractivity contribution in [3.05, 3.63) is 17.5 Å². The van der Waals surface area contributed by atoms with Gasteiger partial charge in [-0.3, -0.25) is 9.58 Å². The Hall–Kier alpha value is -0.870. The van der Waals surface area contributed by atoms with Gasteiger partial charge in [-0.05, 0) is 32.9 Å². The van der Waals surface area contributed by atoms with Crippen LogP contribution >= 0.6 is 0 Å². The van der Waals surface area contributed by atoms with Crippen LogP contribution in [0.5, 0.6) is 0 Å². The molecular formula is C13H24N4. The first-order valence-electron chi connectivity index (χ1n) is 6.53. The molecule has 1 fully saturated rings. The van der Waals surface area contributed by atoms with E-state index in [1.165, 1.54) is 31.4 Å². The first-order valence-corrected chi connectivity index (χ1v) is 6.53. The number of likely N-dealkylation sites (N-methyl/N-ethyl adjacent to an activating group) is 1. The lowest BCUT2D eigenvalue weighted by molar-refractivity contribution is 0.159. The molecule has 2 rings (SSSR count). The van der Waals surface area contributed by atoms with Gasteiger partial charge in [0.15, 0.2) is 0 Å². The lowest BCUT2D eigenvalue weighted by Gasteiger charge is -2.35. The van der Waals surface area contributed by atoms with Crippen LogP contribution in [-0.4, -0.2) is 33.8 Å². The number of rotatable bonds is 3. The lowest BCUT2D eigenvalue weighted by atomic mass is 9.90. The third kappa shape index (κ3) is 2.87. The van der Waals surface area contributed by atoms with Gasteiger partial charge in [0.2, 0.25) is 0 Å². The Morgan fingerprint density at radius 1 is 1.47 bits per heavy atom. The Morgan fingerprint density at radius 2 is 2.18 bits per heavy atom. The minimum Gasteiger partial charge on any atom is -0.326 e. The number of nitrogens with zero attached hydrogens (tertiary/aromatic N) is 3. The summed E-state index contributed by atoms with van der Waals surface area (Å²) in [7, 11) is 4.19. The van der Waals surface area contributed by atoms with Crippen LogP contribution in [0.1, 0.15) is 37.1 Å². The number of aryl methyl sites for hydroxylation is 2. The molecule has 4 nitrogen and oxygen atoms in total. The molecule has 0 bridgehead atoms. The molecule has 0 amide bonds. The van der Waals surface area contributed by atoms with Crippen molar-refractivity contribution < 1.29 is 0 Å². The van der Waals surface area contributed by atoms with E-state index in [4.69, 9.17) is 5.73 Å². The molecule has 96 valence electrons. The fourth-order valence-corrected chi connectivity index (χ4v) is 2.87. The highest BCUT2D eigenvalue weighted by Gasteiger charge is 2.25.